The monoisotopic (exact) mass is 224 g/mol. The van der Waals surface area contributed by atoms with Gasteiger partial charge >= 0.3 is 0 Å². The molecule has 0 aliphatic carbocycles. The lowest BCUT2D eigenvalue weighted by atomic mass is 10.2. The minimum Gasteiger partial charge on any atom is -0.483 e. The molecular formula is C11H16N2OS. The van der Waals surface area contributed by atoms with Gasteiger partial charge in [-0.3, -0.25) is 5.41 Å². The molecular weight excluding hydrogens is 208 g/mol. The highest BCUT2D eigenvalue weighted by molar-refractivity contribution is 7.98. The van der Waals surface area contributed by atoms with Gasteiger partial charge in [0.15, 0.2) is 6.10 Å². The molecule has 3 nitrogen and oxygen atoms in total. The van der Waals surface area contributed by atoms with Gasteiger partial charge in [-0.25, -0.2) is 0 Å². The van der Waals surface area contributed by atoms with Gasteiger partial charge < -0.3 is 10.5 Å². The summed E-state index contributed by atoms with van der Waals surface area (Å²) in [6, 6.07) is 7.79. The van der Waals surface area contributed by atoms with Gasteiger partial charge in [-0.05, 0) is 36.9 Å². The van der Waals surface area contributed by atoms with Crippen LogP contribution in [0.1, 0.15) is 13.3 Å². The molecule has 1 rings (SSSR count). The van der Waals surface area contributed by atoms with Crippen LogP contribution in [0.2, 0.25) is 0 Å². The Hall–Kier alpha value is -1.16. The first-order chi connectivity index (χ1) is 7.17. The summed E-state index contributed by atoms with van der Waals surface area (Å²) < 4.78 is 5.57. The highest BCUT2D eigenvalue weighted by Gasteiger charge is 2.10. The average molecular weight is 224 g/mol. The number of nitrogens with two attached hydrogens (primary N) is 1. The fourth-order valence-electron chi connectivity index (χ4n) is 1.19. The van der Waals surface area contributed by atoms with E-state index < -0.39 is 0 Å². The highest BCUT2D eigenvalue weighted by atomic mass is 32.2. The number of benzene rings is 1. The molecule has 0 bridgehead atoms. The van der Waals surface area contributed by atoms with Gasteiger partial charge in [0.05, 0.1) is 0 Å². The van der Waals surface area contributed by atoms with E-state index in [9.17, 15) is 0 Å². The van der Waals surface area contributed by atoms with Gasteiger partial charge in [-0.15, -0.1) is 11.8 Å². The third-order valence-electron chi connectivity index (χ3n) is 2.06. The van der Waals surface area contributed by atoms with E-state index in [1.54, 1.807) is 11.8 Å². The fraction of sp³-hybridized carbons (Fsp3) is 0.364. The van der Waals surface area contributed by atoms with E-state index in [1.807, 2.05) is 37.4 Å². The molecule has 1 aromatic rings. The number of ether oxygens (including phenoxy) is 1. The lowest BCUT2D eigenvalue weighted by Gasteiger charge is -2.15. The molecule has 4 heteroatoms. The summed E-state index contributed by atoms with van der Waals surface area (Å²) >= 11 is 1.69. The Bertz CT molecular complexity index is 324. The van der Waals surface area contributed by atoms with Crippen LogP contribution in [0.15, 0.2) is 29.2 Å². The van der Waals surface area contributed by atoms with Crippen molar-refractivity contribution in [3.63, 3.8) is 0 Å². The molecule has 0 radical (unpaired) electrons. The van der Waals surface area contributed by atoms with Crippen molar-refractivity contribution in [2.75, 3.05) is 6.26 Å². The molecule has 0 aliphatic heterocycles. The van der Waals surface area contributed by atoms with E-state index in [2.05, 4.69) is 0 Å². The van der Waals surface area contributed by atoms with Crippen molar-refractivity contribution in [2.45, 2.75) is 24.3 Å². The number of amidine groups is 1. The first-order valence-electron chi connectivity index (χ1n) is 4.82. The van der Waals surface area contributed by atoms with Gasteiger partial charge in [-0.1, -0.05) is 6.92 Å². The van der Waals surface area contributed by atoms with E-state index >= 15 is 0 Å². The SMILES string of the molecule is CCC(Oc1ccc(SC)cc1)C(=N)N. The molecule has 0 heterocycles. The Morgan fingerprint density at radius 1 is 1.47 bits per heavy atom. The number of rotatable bonds is 5. The van der Waals surface area contributed by atoms with Crippen LogP contribution in [0, 0.1) is 5.41 Å². The number of hydrogen-bond donors (Lipinski definition) is 2. The smallest absolute Gasteiger partial charge is 0.155 e. The average Bonchev–Trinajstić information content (AvgIpc) is 2.26. The first-order valence-corrected chi connectivity index (χ1v) is 6.04. The zero-order valence-electron chi connectivity index (χ0n) is 8.99. The summed E-state index contributed by atoms with van der Waals surface area (Å²) in [4.78, 5) is 1.19. The van der Waals surface area contributed by atoms with E-state index in [0.29, 0.717) is 6.42 Å². The summed E-state index contributed by atoms with van der Waals surface area (Å²) in [5.74, 6) is 0.835. The third-order valence-corrected chi connectivity index (χ3v) is 2.80. The van der Waals surface area contributed by atoms with Gasteiger partial charge in [0, 0.05) is 4.90 Å². The molecule has 82 valence electrons. The van der Waals surface area contributed by atoms with Crippen LogP contribution >= 0.6 is 11.8 Å². The van der Waals surface area contributed by atoms with Gasteiger partial charge in [0.2, 0.25) is 0 Å². The summed E-state index contributed by atoms with van der Waals surface area (Å²) in [6.45, 7) is 1.95. The van der Waals surface area contributed by atoms with Crippen LogP contribution in [0.4, 0.5) is 0 Å². The molecule has 0 amide bonds. The lowest BCUT2D eigenvalue weighted by Crippen LogP contribution is -2.32. The minimum atomic E-state index is -0.315. The maximum atomic E-state index is 7.33. The number of nitrogens with one attached hydrogen (secondary N) is 1. The first kappa shape index (κ1) is 11.9. The van der Waals surface area contributed by atoms with Crippen molar-refractivity contribution in [3.05, 3.63) is 24.3 Å². The van der Waals surface area contributed by atoms with Crippen LogP contribution in [0.5, 0.6) is 5.75 Å². The summed E-state index contributed by atoms with van der Waals surface area (Å²) in [5, 5.41) is 7.33. The van der Waals surface area contributed by atoms with Crippen LogP contribution in [0.3, 0.4) is 0 Å². The van der Waals surface area contributed by atoms with Crippen molar-refractivity contribution in [2.24, 2.45) is 5.73 Å². The second kappa shape index (κ2) is 5.66. The predicted molar refractivity (Wildman–Crippen MR) is 64.8 cm³/mol. The Kier molecular flexibility index (Phi) is 4.49. The van der Waals surface area contributed by atoms with E-state index in [4.69, 9.17) is 15.9 Å². The van der Waals surface area contributed by atoms with Crippen molar-refractivity contribution >= 4 is 17.6 Å². The second-order valence-electron chi connectivity index (χ2n) is 3.15. The molecule has 0 fully saturated rings. The van der Waals surface area contributed by atoms with E-state index in [0.717, 1.165) is 5.75 Å². The molecule has 1 aromatic carbocycles. The maximum Gasteiger partial charge on any atom is 0.155 e. The topological polar surface area (TPSA) is 59.1 Å². The van der Waals surface area contributed by atoms with E-state index in [1.165, 1.54) is 4.90 Å². The molecule has 1 unspecified atom stereocenters. The molecule has 0 spiro atoms. The van der Waals surface area contributed by atoms with Gasteiger partial charge in [-0.2, -0.15) is 0 Å². The molecule has 3 N–H and O–H groups in total. The molecule has 0 aromatic heterocycles. The van der Waals surface area contributed by atoms with Gasteiger partial charge in [0.25, 0.3) is 0 Å². The Morgan fingerprint density at radius 2 is 2.07 bits per heavy atom. The molecule has 1 atom stereocenters. The van der Waals surface area contributed by atoms with Crippen LogP contribution in [0.25, 0.3) is 0 Å². The van der Waals surface area contributed by atoms with Crippen molar-refractivity contribution < 1.29 is 4.74 Å². The Labute approximate surface area is 94.5 Å². The summed E-state index contributed by atoms with van der Waals surface area (Å²) in [7, 11) is 0. The summed E-state index contributed by atoms with van der Waals surface area (Å²) in [5.41, 5.74) is 5.41. The van der Waals surface area contributed by atoms with E-state index in [-0.39, 0.29) is 11.9 Å². The molecule has 0 saturated heterocycles. The molecule has 15 heavy (non-hydrogen) atoms. The quantitative estimate of drug-likeness (QED) is 0.459. The third kappa shape index (κ3) is 3.47. The Balaban J connectivity index is 2.67. The molecule has 0 saturated carbocycles. The predicted octanol–water partition coefficient (Wildman–Crippen LogP) is 2.50. The minimum absolute atomic E-state index is 0.0754. The maximum absolute atomic E-state index is 7.33. The van der Waals surface area contributed by atoms with Crippen LogP contribution < -0.4 is 10.5 Å². The van der Waals surface area contributed by atoms with Gasteiger partial charge in [0.1, 0.15) is 11.6 Å². The normalized spacial score (nSPS) is 12.1. The largest absolute Gasteiger partial charge is 0.483 e. The molecule has 0 aliphatic rings. The summed E-state index contributed by atoms with van der Waals surface area (Å²) in [6.07, 6.45) is 2.42. The number of hydrogen-bond acceptors (Lipinski definition) is 3. The standard InChI is InChI=1S/C11H16N2OS/c1-3-10(11(12)13)14-8-4-6-9(15-2)7-5-8/h4-7,10H,3H2,1-2H3,(H3,12,13). The van der Waals surface area contributed by atoms with Crippen LogP contribution in [-0.4, -0.2) is 18.2 Å². The zero-order valence-corrected chi connectivity index (χ0v) is 9.80. The fourth-order valence-corrected chi connectivity index (χ4v) is 1.59. The second-order valence-corrected chi connectivity index (χ2v) is 4.03. The number of thioether (sulfide) groups is 1. The van der Waals surface area contributed by atoms with Crippen molar-refractivity contribution in [1.29, 1.82) is 5.41 Å². The lowest BCUT2D eigenvalue weighted by molar-refractivity contribution is 0.260. The van der Waals surface area contributed by atoms with Crippen LogP contribution in [-0.2, 0) is 0 Å². The highest BCUT2D eigenvalue weighted by Crippen LogP contribution is 2.20. The van der Waals surface area contributed by atoms with Crippen molar-refractivity contribution in [1.82, 2.24) is 0 Å². The zero-order chi connectivity index (χ0) is 11.3. The van der Waals surface area contributed by atoms with Crippen molar-refractivity contribution in [3.8, 4) is 5.75 Å². The Morgan fingerprint density at radius 3 is 2.47 bits per heavy atom.